The number of nitrogens with zero attached hydrogens (tertiary/aromatic N) is 2. The zero-order valence-corrected chi connectivity index (χ0v) is 19.0. The van der Waals surface area contributed by atoms with Crippen molar-refractivity contribution in [2.24, 2.45) is 0 Å². The van der Waals surface area contributed by atoms with Crippen LogP contribution in [0.1, 0.15) is 11.6 Å². The SMILES string of the molecule is O=C(CNc1ccccc1)N1CCN(c2ccc(Cl)cc2Cl)[C@H](c2ccc(Cl)cc2)C1. The Morgan fingerprint density at radius 2 is 1.61 bits per heavy atom. The molecule has 4 nitrogen and oxygen atoms in total. The summed E-state index contributed by atoms with van der Waals surface area (Å²) in [6.45, 7) is 2.07. The molecule has 1 aliphatic heterocycles. The standard InChI is InChI=1S/C24H22Cl3N3O/c25-18-8-6-17(7-9-18)23-16-29(24(31)15-28-20-4-2-1-3-5-20)12-13-30(23)22-11-10-19(26)14-21(22)27/h1-11,14,23,28H,12-13,15-16H2/t23-/m0/s1. The average Bonchev–Trinajstić information content (AvgIpc) is 2.78. The van der Waals surface area contributed by atoms with Gasteiger partial charge in [0.2, 0.25) is 5.91 Å². The second-order valence-corrected chi connectivity index (χ2v) is 8.70. The summed E-state index contributed by atoms with van der Waals surface area (Å²) < 4.78 is 0. The Labute approximate surface area is 197 Å². The maximum absolute atomic E-state index is 12.9. The van der Waals surface area contributed by atoms with Crippen LogP contribution in [0.3, 0.4) is 0 Å². The molecule has 0 saturated carbocycles. The molecule has 1 fully saturated rings. The van der Waals surface area contributed by atoms with Crippen molar-refractivity contribution in [3.63, 3.8) is 0 Å². The summed E-state index contributed by atoms with van der Waals surface area (Å²) in [6, 6.07) is 22.9. The van der Waals surface area contributed by atoms with Crippen LogP contribution in [-0.4, -0.2) is 37.0 Å². The van der Waals surface area contributed by atoms with Crippen LogP contribution in [0.2, 0.25) is 15.1 Å². The highest BCUT2D eigenvalue weighted by Gasteiger charge is 2.31. The first kappa shape index (κ1) is 21.8. The van der Waals surface area contributed by atoms with E-state index < -0.39 is 0 Å². The van der Waals surface area contributed by atoms with E-state index in [1.807, 2.05) is 71.6 Å². The fourth-order valence-corrected chi connectivity index (χ4v) is 4.47. The van der Waals surface area contributed by atoms with Crippen molar-refractivity contribution in [2.75, 3.05) is 36.4 Å². The lowest BCUT2D eigenvalue weighted by Crippen LogP contribution is -2.52. The van der Waals surface area contributed by atoms with Crippen LogP contribution < -0.4 is 10.2 Å². The molecule has 1 heterocycles. The lowest BCUT2D eigenvalue weighted by molar-refractivity contribution is -0.130. The number of benzene rings is 3. The molecule has 160 valence electrons. The van der Waals surface area contributed by atoms with Gasteiger partial charge in [0.15, 0.2) is 0 Å². The molecule has 1 amide bonds. The van der Waals surface area contributed by atoms with Crippen LogP contribution in [0.15, 0.2) is 72.8 Å². The molecule has 0 aliphatic carbocycles. The molecular formula is C24H22Cl3N3O. The summed E-state index contributed by atoms with van der Waals surface area (Å²) in [6.07, 6.45) is 0. The van der Waals surface area contributed by atoms with E-state index in [4.69, 9.17) is 34.8 Å². The van der Waals surface area contributed by atoms with Crippen LogP contribution in [0, 0.1) is 0 Å². The highest BCUT2D eigenvalue weighted by molar-refractivity contribution is 6.36. The van der Waals surface area contributed by atoms with E-state index in [0.29, 0.717) is 34.7 Å². The van der Waals surface area contributed by atoms with E-state index in [2.05, 4.69) is 10.2 Å². The molecule has 0 unspecified atom stereocenters. The number of hydrogen-bond donors (Lipinski definition) is 1. The van der Waals surface area contributed by atoms with Gasteiger partial charge in [0.1, 0.15) is 0 Å². The summed E-state index contributed by atoms with van der Waals surface area (Å²) in [5.41, 5.74) is 2.90. The third-order valence-corrected chi connectivity index (χ3v) is 6.21. The van der Waals surface area contributed by atoms with Crippen LogP contribution in [0.4, 0.5) is 11.4 Å². The molecule has 3 aromatic rings. The molecule has 1 saturated heterocycles. The Balaban J connectivity index is 1.55. The van der Waals surface area contributed by atoms with Gasteiger partial charge in [0, 0.05) is 35.4 Å². The normalized spacial score (nSPS) is 16.3. The molecule has 1 aliphatic rings. The summed E-state index contributed by atoms with van der Waals surface area (Å²) in [7, 11) is 0. The third kappa shape index (κ3) is 5.27. The summed E-state index contributed by atoms with van der Waals surface area (Å²) in [5.74, 6) is 0.0599. The Morgan fingerprint density at radius 3 is 2.32 bits per heavy atom. The highest BCUT2D eigenvalue weighted by atomic mass is 35.5. The van der Waals surface area contributed by atoms with E-state index in [1.165, 1.54) is 0 Å². The first-order chi connectivity index (χ1) is 15.0. The lowest BCUT2D eigenvalue weighted by Gasteiger charge is -2.43. The van der Waals surface area contributed by atoms with Crippen molar-refractivity contribution in [1.82, 2.24) is 4.90 Å². The molecule has 1 N–H and O–H groups in total. The Morgan fingerprint density at radius 1 is 0.903 bits per heavy atom. The fraction of sp³-hybridized carbons (Fsp3) is 0.208. The van der Waals surface area contributed by atoms with Crippen molar-refractivity contribution in [1.29, 1.82) is 0 Å². The van der Waals surface area contributed by atoms with E-state index in [9.17, 15) is 4.79 Å². The number of para-hydroxylation sites is 1. The molecule has 0 radical (unpaired) electrons. The zero-order valence-electron chi connectivity index (χ0n) is 16.8. The lowest BCUT2D eigenvalue weighted by atomic mass is 10.0. The molecular weight excluding hydrogens is 453 g/mol. The Kier molecular flexibility index (Phi) is 6.91. The number of amides is 1. The third-order valence-electron chi connectivity index (χ3n) is 5.42. The first-order valence-electron chi connectivity index (χ1n) is 10.0. The van der Waals surface area contributed by atoms with Gasteiger partial charge in [-0.3, -0.25) is 4.79 Å². The number of carbonyl (C=O) groups is 1. The summed E-state index contributed by atoms with van der Waals surface area (Å²) in [4.78, 5) is 17.1. The van der Waals surface area contributed by atoms with Gasteiger partial charge in [-0.2, -0.15) is 0 Å². The molecule has 3 aromatic carbocycles. The van der Waals surface area contributed by atoms with Gasteiger partial charge in [-0.05, 0) is 48.0 Å². The molecule has 0 spiro atoms. The molecule has 0 aromatic heterocycles. The number of rotatable bonds is 5. The maximum Gasteiger partial charge on any atom is 0.242 e. The highest BCUT2D eigenvalue weighted by Crippen LogP contribution is 2.36. The second kappa shape index (κ2) is 9.82. The maximum atomic E-state index is 12.9. The predicted octanol–water partition coefficient (Wildman–Crippen LogP) is 6.15. The fourth-order valence-electron chi connectivity index (χ4n) is 3.83. The monoisotopic (exact) mass is 473 g/mol. The molecule has 0 bridgehead atoms. The smallest absolute Gasteiger partial charge is 0.242 e. The minimum Gasteiger partial charge on any atom is -0.376 e. The van der Waals surface area contributed by atoms with E-state index >= 15 is 0 Å². The topological polar surface area (TPSA) is 35.6 Å². The molecule has 7 heteroatoms. The Bertz CT molecular complexity index is 1040. The van der Waals surface area contributed by atoms with Gasteiger partial charge in [-0.15, -0.1) is 0 Å². The van der Waals surface area contributed by atoms with Gasteiger partial charge >= 0.3 is 0 Å². The van der Waals surface area contributed by atoms with Gasteiger partial charge in [-0.1, -0.05) is 65.1 Å². The van der Waals surface area contributed by atoms with Crippen molar-refractivity contribution >= 4 is 52.1 Å². The number of nitrogens with one attached hydrogen (secondary N) is 1. The van der Waals surface area contributed by atoms with Crippen molar-refractivity contribution in [3.8, 4) is 0 Å². The Hall–Kier alpha value is -2.40. The predicted molar refractivity (Wildman–Crippen MR) is 130 cm³/mol. The number of piperazine rings is 1. The molecule has 31 heavy (non-hydrogen) atoms. The largest absolute Gasteiger partial charge is 0.376 e. The van der Waals surface area contributed by atoms with E-state index in [0.717, 1.165) is 16.9 Å². The van der Waals surface area contributed by atoms with Gasteiger partial charge in [0.05, 0.1) is 23.3 Å². The number of carbonyl (C=O) groups excluding carboxylic acids is 1. The molecule has 1 atom stereocenters. The minimum atomic E-state index is -0.0506. The quantitative estimate of drug-likeness (QED) is 0.482. The van der Waals surface area contributed by atoms with Crippen LogP contribution in [0.25, 0.3) is 0 Å². The molecule has 4 rings (SSSR count). The summed E-state index contributed by atoms with van der Waals surface area (Å²) in [5, 5.41) is 5.07. The van der Waals surface area contributed by atoms with Crippen molar-refractivity contribution < 1.29 is 4.79 Å². The number of hydrogen-bond acceptors (Lipinski definition) is 3. The number of halogens is 3. The van der Waals surface area contributed by atoms with Crippen molar-refractivity contribution in [3.05, 3.63) is 93.4 Å². The minimum absolute atomic E-state index is 0.0506. The van der Waals surface area contributed by atoms with Crippen molar-refractivity contribution in [2.45, 2.75) is 6.04 Å². The number of anilines is 2. The van der Waals surface area contributed by atoms with E-state index in [1.54, 1.807) is 6.07 Å². The van der Waals surface area contributed by atoms with Gasteiger partial charge in [0.25, 0.3) is 0 Å². The van der Waals surface area contributed by atoms with Crippen LogP contribution in [-0.2, 0) is 4.79 Å². The van der Waals surface area contributed by atoms with Gasteiger partial charge < -0.3 is 15.1 Å². The summed E-state index contributed by atoms with van der Waals surface area (Å²) >= 11 is 18.7. The first-order valence-corrected chi connectivity index (χ1v) is 11.2. The van der Waals surface area contributed by atoms with Gasteiger partial charge in [-0.25, -0.2) is 0 Å². The zero-order chi connectivity index (χ0) is 21.8. The average molecular weight is 475 g/mol. The van der Waals surface area contributed by atoms with Crippen LogP contribution >= 0.6 is 34.8 Å². The van der Waals surface area contributed by atoms with Crippen LogP contribution in [0.5, 0.6) is 0 Å². The van der Waals surface area contributed by atoms with E-state index in [-0.39, 0.29) is 18.5 Å². The second-order valence-electron chi connectivity index (χ2n) is 7.42.